The normalized spacial score (nSPS) is 11.5. The van der Waals surface area contributed by atoms with Crippen molar-refractivity contribution < 1.29 is 8.42 Å². The SMILES string of the molecule is CN(CCCCCCl)c1ncccc1S(C)(=O)=O. The van der Waals surface area contributed by atoms with E-state index in [4.69, 9.17) is 11.6 Å². The van der Waals surface area contributed by atoms with E-state index in [0.717, 1.165) is 25.8 Å². The number of hydrogen-bond donors (Lipinski definition) is 0. The molecular formula is C12H19ClN2O2S. The lowest BCUT2D eigenvalue weighted by Crippen LogP contribution is -2.22. The zero-order chi connectivity index (χ0) is 13.6. The lowest BCUT2D eigenvalue weighted by molar-refractivity contribution is 0.600. The van der Waals surface area contributed by atoms with Crippen LogP contribution in [0.1, 0.15) is 19.3 Å². The first-order valence-electron chi connectivity index (χ1n) is 5.89. The molecule has 0 bridgehead atoms. The summed E-state index contributed by atoms with van der Waals surface area (Å²) < 4.78 is 23.3. The second-order valence-corrected chi connectivity index (χ2v) is 6.63. The number of halogens is 1. The number of rotatable bonds is 7. The van der Waals surface area contributed by atoms with E-state index >= 15 is 0 Å². The highest BCUT2D eigenvalue weighted by Gasteiger charge is 2.16. The molecule has 0 aliphatic carbocycles. The van der Waals surface area contributed by atoms with Gasteiger partial charge in [0.25, 0.3) is 0 Å². The quantitative estimate of drug-likeness (QED) is 0.571. The summed E-state index contributed by atoms with van der Waals surface area (Å²) in [6, 6.07) is 3.23. The van der Waals surface area contributed by atoms with Crippen molar-refractivity contribution in [2.45, 2.75) is 24.2 Å². The predicted octanol–water partition coefficient (Wildman–Crippen LogP) is 2.33. The first kappa shape index (κ1) is 15.2. The third-order valence-corrected chi connectivity index (χ3v) is 4.02. The molecule has 0 saturated heterocycles. The first-order chi connectivity index (χ1) is 8.46. The van der Waals surface area contributed by atoms with E-state index in [0.29, 0.717) is 11.7 Å². The maximum Gasteiger partial charge on any atom is 0.179 e. The highest BCUT2D eigenvalue weighted by atomic mass is 35.5. The smallest absolute Gasteiger partial charge is 0.179 e. The number of aromatic nitrogens is 1. The van der Waals surface area contributed by atoms with Crippen LogP contribution in [0.5, 0.6) is 0 Å². The Balaban J connectivity index is 2.77. The number of nitrogens with zero attached hydrogens (tertiary/aromatic N) is 2. The van der Waals surface area contributed by atoms with Crippen LogP contribution in [-0.4, -0.2) is 39.1 Å². The summed E-state index contributed by atoms with van der Waals surface area (Å²) in [7, 11) is -1.38. The molecule has 1 aromatic rings. The molecule has 4 nitrogen and oxygen atoms in total. The Labute approximate surface area is 114 Å². The van der Waals surface area contributed by atoms with Gasteiger partial charge < -0.3 is 4.90 Å². The lowest BCUT2D eigenvalue weighted by atomic mass is 10.2. The molecule has 0 N–H and O–H groups in total. The predicted molar refractivity (Wildman–Crippen MR) is 75.2 cm³/mol. The summed E-state index contributed by atoms with van der Waals surface area (Å²) in [5.41, 5.74) is 0. The van der Waals surface area contributed by atoms with Gasteiger partial charge in [-0.25, -0.2) is 13.4 Å². The van der Waals surface area contributed by atoms with Gasteiger partial charge in [-0.3, -0.25) is 0 Å². The van der Waals surface area contributed by atoms with Gasteiger partial charge >= 0.3 is 0 Å². The number of unbranched alkanes of at least 4 members (excludes halogenated alkanes) is 2. The molecule has 6 heteroatoms. The number of pyridine rings is 1. The highest BCUT2D eigenvalue weighted by Crippen LogP contribution is 2.21. The Hall–Kier alpha value is -0.810. The fraction of sp³-hybridized carbons (Fsp3) is 0.583. The molecule has 0 fully saturated rings. The summed E-state index contributed by atoms with van der Waals surface area (Å²) in [6.45, 7) is 0.774. The summed E-state index contributed by atoms with van der Waals surface area (Å²) >= 11 is 5.61. The molecule has 1 heterocycles. The zero-order valence-corrected chi connectivity index (χ0v) is 12.3. The van der Waals surface area contributed by atoms with Crippen molar-refractivity contribution >= 4 is 27.3 Å². The standard InChI is InChI=1S/C12H19ClN2O2S/c1-15(10-5-3-4-8-13)12-11(18(2,16)17)7-6-9-14-12/h6-7,9H,3-5,8,10H2,1-2H3. The van der Waals surface area contributed by atoms with Crippen LogP contribution in [0.3, 0.4) is 0 Å². The molecule has 0 aliphatic heterocycles. The van der Waals surface area contributed by atoms with Crippen molar-refractivity contribution in [3.63, 3.8) is 0 Å². The average molecular weight is 291 g/mol. The molecule has 102 valence electrons. The van der Waals surface area contributed by atoms with E-state index in [1.54, 1.807) is 18.3 Å². The second-order valence-electron chi connectivity index (χ2n) is 4.27. The van der Waals surface area contributed by atoms with Gasteiger partial charge in [-0.05, 0) is 25.0 Å². The maximum absolute atomic E-state index is 11.7. The lowest BCUT2D eigenvalue weighted by Gasteiger charge is -2.20. The van der Waals surface area contributed by atoms with Crippen molar-refractivity contribution in [2.75, 3.05) is 30.6 Å². The van der Waals surface area contributed by atoms with Gasteiger partial charge in [-0.2, -0.15) is 0 Å². The first-order valence-corrected chi connectivity index (χ1v) is 8.31. The van der Waals surface area contributed by atoms with Gasteiger partial charge in [0.05, 0.1) is 0 Å². The Morgan fingerprint density at radius 1 is 1.33 bits per heavy atom. The zero-order valence-electron chi connectivity index (χ0n) is 10.8. The average Bonchev–Trinajstić information content (AvgIpc) is 2.33. The molecule has 0 unspecified atom stereocenters. The van der Waals surface area contributed by atoms with E-state index in [9.17, 15) is 8.42 Å². The van der Waals surface area contributed by atoms with E-state index in [1.807, 2.05) is 11.9 Å². The minimum atomic E-state index is -3.24. The molecule has 0 radical (unpaired) electrons. The number of alkyl halides is 1. The van der Waals surface area contributed by atoms with Crippen LogP contribution < -0.4 is 4.90 Å². The molecule has 1 rings (SSSR count). The highest BCUT2D eigenvalue weighted by molar-refractivity contribution is 7.90. The summed E-state index contributed by atoms with van der Waals surface area (Å²) in [5.74, 6) is 1.19. The Bertz CT molecular complexity index is 477. The van der Waals surface area contributed by atoms with Crippen molar-refractivity contribution in [1.29, 1.82) is 0 Å². The van der Waals surface area contributed by atoms with E-state index < -0.39 is 9.84 Å². The Kier molecular flexibility index (Phi) is 5.88. The van der Waals surface area contributed by atoms with Crippen molar-refractivity contribution in [2.24, 2.45) is 0 Å². The molecule has 0 spiro atoms. The minimum Gasteiger partial charge on any atom is -0.359 e. The van der Waals surface area contributed by atoms with Gasteiger partial charge in [0.15, 0.2) is 9.84 Å². The van der Waals surface area contributed by atoms with Gasteiger partial charge in [-0.15, -0.1) is 11.6 Å². The fourth-order valence-corrected chi connectivity index (χ4v) is 2.74. The number of anilines is 1. The maximum atomic E-state index is 11.7. The van der Waals surface area contributed by atoms with Crippen LogP contribution in [0.4, 0.5) is 5.82 Å². The van der Waals surface area contributed by atoms with Crippen LogP contribution in [0.2, 0.25) is 0 Å². The monoisotopic (exact) mass is 290 g/mol. The molecule has 0 amide bonds. The van der Waals surface area contributed by atoms with Gasteiger partial charge in [0.2, 0.25) is 0 Å². The van der Waals surface area contributed by atoms with Gasteiger partial charge in [0.1, 0.15) is 10.7 Å². The molecule has 0 aromatic carbocycles. The van der Waals surface area contributed by atoms with Crippen molar-refractivity contribution in [3.05, 3.63) is 18.3 Å². The molecular weight excluding hydrogens is 272 g/mol. The Morgan fingerprint density at radius 2 is 2.06 bits per heavy atom. The number of hydrogen-bond acceptors (Lipinski definition) is 4. The van der Waals surface area contributed by atoms with E-state index in [1.165, 1.54) is 6.26 Å². The minimum absolute atomic E-state index is 0.282. The van der Waals surface area contributed by atoms with Crippen LogP contribution in [-0.2, 0) is 9.84 Å². The third kappa shape index (κ3) is 4.46. The van der Waals surface area contributed by atoms with E-state index in [2.05, 4.69) is 4.98 Å². The molecule has 0 aliphatic rings. The second kappa shape index (κ2) is 6.95. The van der Waals surface area contributed by atoms with E-state index in [-0.39, 0.29) is 4.90 Å². The van der Waals surface area contributed by atoms with Crippen LogP contribution in [0.15, 0.2) is 23.2 Å². The third-order valence-electron chi connectivity index (χ3n) is 2.64. The van der Waals surface area contributed by atoms with Gasteiger partial charge in [0, 0.05) is 31.9 Å². The van der Waals surface area contributed by atoms with Gasteiger partial charge in [-0.1, -0.05) is 6.42 Å². The van der Waals surface area contributed by atoms with Crippen LogP contribution >= 0.6 is 11.6 Å². The summed E-state index contributed by atoms with van der Waals surface area (Å²) in [5, 5.41) is 0. The van der Waals surface area contributed by atoms with Crippen molar-refractivity contribution in [1.82, 2.24) is 4.98 Å². The summed E-state index contributed by atoms with van der Waals surface area (Å²) in [6.07, 6.45) is 5.81. The fourth-order valence-electron chi connectivity index (χ4n) is 1.68. The largest absolute Gasteiger partial charge is 0.359 e. The summed E-state index contributed by atoms with van der Waals surface area (Å²) in [4.78, 5) is 6.33. The molecule has 0 atom stereocenters. The Morgan fingerprint density at radius 3 is 2.67 bits per heavy atom. The molecule has 1 aromatic heterocycles. The van der Waals surface area contributed by atoms with Crippen LogP contribution in [0, 0.1) is 0 Å². The van der Waals surface area contributed by atoms with Crippen molar-refractivity contribution in [3.8, 4) is 0 Å². The topological polar surface area (TPSA) is 50.3 Å². The van der Waals surface area contributed by atoms with Crippen LogP contribution in [0.25, 0.3) is 0 Å². The molecule has 0 saturated carbocycles. The molecule has 18 heavy (non-hydrogen) atoms. The number of sulfone groups is 1.